The van der Waals surface area contributed by atoms with Crippen molar-refractivity contribution in [2.45, 2.75) is 18.8 Å². The van der Waals surface area contributed by atoms with Gasteiger partial charge in [-0.2, -0.15) is 18.2 Å². The summed E-state index contributed by atoms with van der Waals surface area (Å²) in [6.45, 7) is 1.78. The van der Waals surface area contributed by atoms with E-state index in [0.717, 1.165) is 12.3 Å². The number of amidine groups is 1. The van der Waals surface area contributed by atoms with Crippen LogP contribution in [0.15, 0.2) is 46.3 Å². The lowest BCUT2D eigenvalue weighted by Crippen LogP contribution is -2.53. The largest absolute Gasteiger partial charge is 0.416 e. The third-order valence-electron chi connectivity index (χ3n) is 5.73. The number of aliphatic imine (C=N–C) groups is 1. The maximum Gasteiger partial charge on any atom is 0.416 e. The monoisotopic (exact) mass is 537 g/mol. The molecular formula is C24H23ClF3N5O2S. The van der Waals surface area contributed by atoms with Gasteiger partial charge in [-0.05, 0) is 53.2 Å². The van der Waals surface area contributed by atoms with Crippen molar-refractivity contribution in [2.75, 3.05) is 31.6 Å². The van der Waals surface area contributed by atoms with E-state index in [0.29, 0.717) is 46.5 Å². The van der Waals surface area contributed by atoms with Gasteiger partial charge in [-0.25, -0.2) is 0 Å². The second-order valence-electron chi connectivity index (χ2n) is 8.23. The fourth-order valence-electron chi connectivity index (χ4n) is 3.91. The smallest absolute Gasteiger partial charge is 0.395 e. The summed E-state index contributed by atoms with van der Waals surface area (Å²) < 4.78 is 40.1. The molecule has 190 valence electrons. The molecule has 2 heterocycles. The van der Waals surface area contributed by atoms with Crippen molar-refractivity contribution in [1.29, 1.82) is 5.41 Å². The fourth-order valence-corrected chi connectivity index (χ4v) is 5.03. The standard InChI is InChI=1S/C24H23ClF3N5O2S/c25-17-3-2-15(19(9-17)24(26,27)28)11-31-20-4-1-14(7-16(20)10-29)8-21-22(35)32-23(36-21)33-6-5-30-18(12-33)13-34/h1-4,7-10,18,29-31,34H,5-6,11-13H2/b21-8-,29-10?/t18-/m0/s1. The highest BCUT2D eigenvalue weighted by molar-refractivity contribution is 8.18. The van der Waals surface area contributed by atoms with Crippen molar-refractivity contribution in [1.82, 2.24) is 10.2 Å². The Morgan fingerprint density at radius 2 is 2.11 bits per heavy atom. The molecule has 0 unspecified atom stereocenters. The van der Waals surface area contributed by atoms with Gasteiger partial charge in [-0.15, -0.1) is 0 Å². The summed E-state index contributed by atoms with van der Waals surface area (Å²) in [6, 6.07) is 8.58. The van der Waals surface area contributed by atoms with Crippen LogP contribution < -0.4 is 10.6 Å². The normalized spacial score (nSPS) is 19.5. The van der Waals surface area contributed by atoms with E-state index in [2.05, 4.69) is 15.6 Å². The maximum atomic E-state index is 13.4. The van der Waals surface area contributed by atoms with Crippen LogP contribution >= 0.6 is 23.4 Å². The van der Waals surface area contributed by atoms with Crippen LogP contribution in [0.3, 0.4) is 0 Å². The average molecular weight is 538 g/mol. The van der Waals surface area contributed by atoms with Crippen molar-refractivity contribution in [3.63, 3.8) is 0 Å². The van der Waals surface area contributed by atoms with E-state index in [9.17, 15) is 23.1 Å². The Labute approximate surface area is 214 Å². The zero-order chi connectivity index (χ0) is 25.9. The first-order chi connectivity index (χ1) is 17.2. The Morgan fingerprint density at radius 1 is 1.31 bits per heavy atom. The Morgan fingerprint density at radius 3 is 2.83 bits per heavy atom. The van der Waals surface area contributed by atoms with Gasteiger partial charge in [0.1, 0.15) is 0 Å². The third-order valence-corrected chi connectivity index (χ3v) is 7.01. The van der Waals surface area contributed by atoms with Crippen LogP contribution in [0.4, 0.5) is 18.9 Å². The first-order valence-corrected chi connectivity index (χ1v) is 12.2. The lowest BCUT2D eigenvalue weighted by Gasteiger charge is -2.33. The number of hydrogen-bond acceptors (Lipinski definition) is 7. The Hall–Kier alpha value is -2.86. The molecule has 4 N–H and O–H groups in total. The van der Waals surface area contributed by atoms with Gasteiger partial charge in [-0.1, -0.05) is 23.7 Å². The molecule has 1 saturated heterocycles. The summed E-state index contributed by atoms with van der Waals surface area (Å²) in [7, 11) is 0. The Kier molecular flexibility index (Phi) is 8.04. The molecule has 1 amide bonds. The second-order valence-corrected chi connectivity index (χ2v) is 9.68. The molecule has 2 aromatic carbocycles. The fraction of sp³-hybridized carbons (Fsp3) is 0.292. The quantitative estimate of drug-likeness (QED) is 0.325. The van der Waals surface area contributed by atoms with E-state index in [-0.39, 0.29) is 35.7 Å². The molecule has 12 heteroatoms. The minimum absolute atomic E-state index is 0.000259. The number of carbonyl (C=O) groups is 1. The lowest BCUT2D eigenvalue weighted by molar-refractivity contribution is -0.138. The van der Waals surface area contributed by atoms with E-state index in [1.165, 1.54) is 23.9 Å². The number of alkyl halides is 3. The number of anilines is 1. The molecular weight excluding hydrogens is 515 g/mol. The van der Waals surface area contributed by atoms with Crippen molar-refractivity contribution in [3.8, 4) is 0 Å². The summed E-state index contributed by atoms with van der Waals surface area (Å²) in [6.07, 6.45) is -1.77. The number of rotatable bonds is 6. The highest BCUT2D eigenvalue weighted by Gasteiger charge is 2.33. The van der Waals surface area contributed by atoms with E-state index >= 15 is 0 Å². The summed E-state index contributed by atoms with van der Waals surface area (Å²) >= 11 is 7.00. The molecule has 2 aliphatic rings. The van der Waals surface area contributed by atoms with E-state index in [1.807, 2.05) is 4.90 Å². The molecule has 0 spiro atoms. The van der Waals surface area contributed by atoms with E-state index in [1.54, 1.807) is 24.3 Å². The number of amides is 1. The average Bonchev–Trinajstić information content (AvgIpc) is 3.23. The zero-order valence-corrected chi connectivity index (χ0v) is 20.5. The predicted octanol–water partition coefficient (Wildman–Crippen LogP) is 4.20. The number of benzene rings is 2. The van der Waals surface area contributed by atoms with Gasteiger partial charge in [-0.3, -0.25) is 4.79 Å². The number of aliphatic hydroxyl groups excluding tert-OH is 1. The number of halogens is 4. The summed E-state index contributed by atoms with van der Waals surface area (Å²) in [5, 5.41) is 23.9. The van der Waals surface area contributed by atoms with Crippen molar-refractivity contribution in [3.05, 3.63) is 68.6 Å². The van der Waals surface area contributed by atoms with Crippen LogP contribution in [-0.4, -0.2) is 59.6 Å². The van der Waals surface area contributed by atoms with Gasteiger partial charge < -0.3 is 26.0 Å². The Bertz CT molecular complexity index is 1230. The van der Waals surface area contributed by atoms with Crippen LogP contribution in [0.2, 0.25) is 5.02 Å². The first kappa shape index (κ1) is 26.2. The second kappa shape index (κ2) is 11.0. The van der Waals surface area contributed by atoms with Crippen molar-refractivity contribution >= 4 is 52.4 Å². The van der Waals surface area contributed by atoms with Gasteiger partial charge >= 0.3 is 6.18 Å². The molecule has 7 nitrogen and oxygen atoms in total. The third kappa shape index (κ3) is 6.09. The maximum absolute atomic E-state index is 13.4. The molecule has 1 atom stereocenters. The number of aliphatic hydroxyl groups is 1. The minimum atomic E-state index is -4.54. The molecule has 2 aliphatic heterocycles. The van der Waals surface area contributed by atoms with E-state index < -0.39 is 11.7 Å². The highest BCUT2D eigenvalue weighted by Crippen LogP contribution is 2.35. The zero-order valence-electron chi connectivity index (χ0n) is 18.9. The van der Waals surface area contributed by atoms with Gasteiger partial charge in [0.15, 0.2) is 5.17 Å². The van der Waals surface area contributed by atoms with Crippen LogP contribution in [0.25, 0.3) is 6.08 Å². The van der Waals surface area contributed by atoms with Crippen LogP contribution in [0.1, 0.15) is 22.3 Å². The van der Waals surface area contributed by atoms with Crippen molar-refractivity contribution in [2.24, 2.45) is 4.99 Å². The molecule has 0 radical (unpaired) electrons. The molecule has 0 bridgehead atoms. The van der Waals surface area contributed by atoms with Gasteiger partial charge in [0.25, 0.3) is 5.91 Å². The molecule has 0 saturated carbocycles. The summed E-state index contributed by atoms with van der Waals surface area (Å²) in [5.41, 5.74) is 0.804. The molecule has 0 aliphatic carbocycles. The number of hydrogen-bond donors (Lipinski definition) is 4. The first-order valence-electron chi connectivity index (χ1n) is 11.0. The highest BCUT2D eigenvalue weighted by atomic mass is 35.5. The molecule has 1 fully saturated rings. The van der Waals surface area contributed by atoms with Crippen LogP contribution in [-0.2, 0) is 17.5 Å². The minimum Gasteiger partial charge on any atom is -0.395 e. The molecule has 0 aromatic heterocycles. The topological polar surface area (TPSA) is 101 Å². The number of thioether (sulfide) groups is 1. The lowest BCUT2D eigenvalue weighted by atomic mass is 10.1. The number of piperazine rings is 1. The summed E-state index contributed by atoms with van der Waals surface area (Å²) in [4.78, 5) is 19.0. The number of nitrogens with one attached hydrogen (secondary N) is 3. The predicted molar refractivity (Wildman–Crippen MR) is 137 cm³/mol. The van der Waals surface area contributed by atoms with Gasteiger partial charge in [0.2, 0.25) is 0 Å². The molecule has 36 heavy (non-hydrogen) atoms. The van der Waals surface area contributed by atoms with Gasteiger partial charge in [0.05, 0.1) is 17.1 Å². The van der Waals surface area contributed by atoms with Crippen LogP contribution in [0, 0.1) is 5.41 Å². The van der Waals surface area contributed by atoms with Crippen molar-refractivity contribution < 1.29 is 23.1 Å². The molecule has 4 rings (SSSR count). The Balaban J connectivity index is 1.47. The summed E-state index contributed by atoms with van der Waals surface area (Å²) in [5.74, 6) is -0.366. The SMILES string of the molecule is N=Cc1cc(/C=C2\SC(N3CCN[C@H](CO)C3)=NC2=O)ccc1NCc1ccc(Cl)cc1C(F)(F)F. The molecule has 2 aromatic rings. The number of nitrogens with zero attached hydrogens (tertiary/aromatic N) is 2. The van der Waals surface area contributed by atoms with E-state index in [4.69, 9.17) is 17.0 Å². The van der Waals surface area contributed by atoms with Crippen LogP contribution in [0.5, 0.6) is 0 Å². The number of carbonyl (C=O) groups excluding carboxylic acids is 1. The van der Waals surface area contributed by atoms with Gasteiger partial charge in [0, 0.05) is 54.7 Å².